The molecule has 0 saturated carbocycles. The lowest BCUT2D eigenvalue weighted by molar-refractivity contribution is -0.122. The molecular formula is C28H40N6O. The number of benzene rings is 1. The predicted molar refractivity (Wildman–Crippen MR) is 140 cm³/mol. The van der Waals surface area contributed by atoms with Gasteiger partial charge in [-0.2, -0.15) is 10.2 Å². The van der Waals surface area contributed by atoms with E-state index in [1.54, 1.807) is 6.92 Å². The third-order valence-electron chi connectivity index (χ3n) is 7.30. The van der Waals surface area contributed by atoms with Crippen molar-refractivity contribution in [2.45, 2.75) is 73.8 Å². The topological polar surface area (TPSA) is 79.7 Å². The molecular weight excluding hydrogens is 436 g/mol. The highest BCUT2D eigenvalue weighted by molar-refractivity contribution is 5.78. The molecule has 1 aliphatic rings. The average Bonchev–Trinajstić information content (AvgIpc) is 3.45. The second kappa shape index (κ2) is 10.9. The summed E-state index contributed by atoms with van der Waals surface area (Å²) in [6.45, 7) is 16.6. The van der Waals surface area contributed by atoms with Crippen LogP contribution < -0.4 is 0 Å². The summed E-state index contributed by atoms with van der Waals surface area (Å²) in [5.41, 5.74) is 7.07. The van der Waals surface area contributed by atoms with E-state index in [1.165, 1.54) is 22.4 Å². The number of aromatic amines is 1. The zero-order valence-corrected chi connectivity index (χ0v) is 22.2. The van der Waals surface area contributed by atoms with E-state index in [4.69, 9.17) is 10.1 Å². The maximum Gasteiger partial charge on any atom is 0.181 e. The molecule has 1 fully saturated rings. The number of Topliss-reactive ketones (excluding diaryl/α,β-unsaturated/α-hetero) is 1. The lowest BCUT2D eigenvalue weighted by atomic mass is 9.92. The van der Waals surface area contributed by atoms with Gasteiger partial charge < -0.3 is 4.90 Å². The van der Waals surface area contributed by atoms with E-state index in [0.29, 0.717) is 23.3 Å². The summed E-state index contributed by atoms with van der Waals surface area (Å²) in [7, 11) is 0. The summed E-state index contributed by atoms with van der Waals surface area (Å²) in [6.07, 6.45) is 4.01. The van der Waals surface area contributed by atoms with Gasteiger partial charge in [0.2, 0.25) is 0 Å². The minimum absolute atomic E-state index is 0.262. The van der Waals surface area contributed by atoms with Gasteiger partial charge in [0.15, 0.2) is 11.6 Å². The third-order valence-corrected chi connectivity index (χ3v) is 7.30. The van der Waals surface area contributed by atoms with Gasteiger partial charge in [0.25, 0.3) is 0 Å². The number of likely N-dealkylation sites (tertiary alicyclic amines) is 1. The Morgan fingerprint density at radius 1 is 1.14 bits per heavy atom. The highest BCUT2D eigenvalue weighted by atomic mass is 16.1. The van der Waals surface area contributed by atoms with Crippen molar-refractivity contribution in [2.24, 2.45) is 11.8 Å². The van der Waals surface area contributed by atoms with Gasteiger partial charge in [0.1, 0.15) is 11.5 Å². The van der Waals surface area contributed by atoms with Gasteiger partial charge in [-0.25, -0.2) is 4.98 Å². The van der Waals surface area contributed by atoms with E-state index in [2.05, 4.69) is 72.6 Å². The number of piperidine rings is 1. The Kier molecular flexibility index (Phi) is 7.85. The van der Waals surface area contributed by atoms with Gasteiger partial charge in [0, 0.05) is 30.3 Å². The molecule has 3 aromatic rings. The van der Waals surface area contributed by atoms with Gasteiger partial charge in [-0.3, -0.25) is 14.6 Å². The minimum Gasteiger partial charge on any atom is -0.303 e. The number of aromatic nitrogens is 5. The van der Waals surface area contributed by atoms with Crippen LogP contribution in [0.3, 0.4) is 0 Å². The van der Waals surface area contributed by atoms with Gasteiger partial charge in [-0.15, -0.1) is 0 Å². The van der Waals surface area contributed by atoms with Gasteiger partial charge in [-0.1, -0.05) is 13.8 Å². The Bertz CT molecular complexity index is 1140. The standard InChI is InChI=1S/C28H40N6O/c1-7-34-24(14-18(2)3)17-26(32-34)28-29-27(30-31-28)23-15-19(4)25(20(5)16-23)10-13-33-11-8-22(9-12-33)21(6)35/h15-18,22H,7-14H2,1-6H3,(H,29,30,31). The maximum absolute atomic E-state index is 11.6. The SMILES string of the molecule is CCn1nc(-c2nc(-c3cc(C)c(CCN4CCC(C(C)=O)CC4)c(C)c3)n[nH]2)cc1CC(C)C. The van der Waals surface area contributed by atoms with Crippen molar-refractivity contribution >= 4 is 5.78 Å². The number of nitrogens with one attached hydrogen (secondary N) is 1. The number of H-pyrrole nitrogens is 1. The molecule has 3 heterocycles. The van der Waals surface area contributed by atoms with Crippen LogP contribution in [0.2, 0.25) is 0 Å². The fourth-order valence-corrected chi connectivity index (χ4v) is 5.28. The highest BCUT2D eigenvalue weighted by Gasteiger charge is 2.22. The Labute approximate surface area is 209 Å². The quantitative estimate of drug-likeness (QED) is 0.469. The maximum atomic E-state index is 11.6. The second-order valence-corrected chi connectivity index (χ2v) is 10.5. The van der Waals surface area contributed by atoms with Crippen LogP contribution in [0.1, 0.15) is 62.9 Å². The van der Waals surface area contributed by atoms with Crippen LogP contribution in [-0.4, -0.2) is 55.3 Å². The summed E-state index contributed by atoms with van der Waals surface area (Å²) in [5.74, 6) is 2.60. The van der Waals surface area contributed by atoms with E-state index in [0.717, 1.165) is 63.1 Å². The van der Waals surface area contributed by atoms with Crippen LogP contribution in [0.25, 0.3) is 22.9 Å². The Balaban J connectivity index is 1.46. The van der Waals surface area contributed by atoms with Crippen LogP contribution in [0.15, 0.2) is 18.2 Å². The summed E-state index contributed by atoms with van der Waals surface area (Å²) >= 11 is 0. The van der Waals surface area contributed by atoms with E-state index >= 15 is 0 Å². The predicted octanol–water partition coefficient (Wildman–Crippen LogP) is 5.01. The van der Waals surface area contributed by atoms with Crippen molar-refractivity contribution in [3.63, 3.8) is 0 Å². The zero-order valence-electron chi connectivity index (χ0n) is 22.2. The summed E-state index contributed by atoms with van der Waals surface area (Å²) in [6, 6.07) is 6.53. The fraction of sp³-hybridized carbons (Fsp3) is 0.571. The Morgan fingerprint density at radius 2 is 1.83 bits per heavy atom. The second-order valence-electron chi connectivity index (χ2n) is 10.5. The number of aryl methyl sites for hydroxylation is 3. The molecule has 0 aliphatic carbocycles. The van der Waals surface area contributed by atoms with E-state index in [1.807, 2.05) is 0 Å². The summed E-state index contributed by atoms with van der Waals surface area (Å²) < 4.78 is 2.06. The highest BCUT2D eigenvalue weighted by Crippen LogP contribution is 2.26. The molecule has 188 valence electrons. The number of nitrogens with zero attached hydrogens (tertiary/aromatic N) is 5. The van der Waals surface area contributed by atoms with Gasteiger partial charge >= 0.3 is 0 Å². The summed E-state index contributed by atoms with van der Waals surface area (Å²) in [4.78, 5) is 18.9. The molecule has 2 aromatic heterocycles. The smallest absolute Gasteiger partial charge is 0.181 e. The molecule has 4 rings (SSSR count). The summed E-state index contributed by atoms with van der Waals surface area (Å²) in [5, 5.41) is 12.4. The lowest BCUT2D eigenvalue weighted by Gasteiger charge is -2.31. The lowest BCUT2D eigenvalue weighted by Crippen LogP contribution is -2.37. The van der Waals surface area contributed by atoms with Gasteiger partial charge in [-0.05, 0) is 107 Å². The van der Waals surface area contributed by atoms with E-state index in [9.17, 15) is 4.79 Å². The molecule has 1 saturated heterocycles. The molecule has 35 heavy (non-hydrogen) atoms. The van der Waals surface area contributed by atoms with Crippen molar-refractivity contribution < 1.29 is 4.79 Å². The van der Waals surface area contributed by atoms with Crippen molar-refractivity contribution in [1.82, 2.24) is 29.9 Å². The number of ketones is 1. The normalized spacial score (nSPS) is 15.3. The monoisotopic (exact) mass is 476 g/mol. The molecule has 0 amide bonds. The first kappa shape index (κ1) is 25.3. The van der Waals surface area contributed by atoms with Crippen LogP contribution in [0.4, 0.5) is 0 Å². The van der Waals surface area contributed by atoms with Crippen molar-refractivity contribution in [1.29, 1.82) is 0 Å². The van der Waals surface area contributed by atoms with E-state index < -0.39 is 0 Å². The van der Waals surface area contributed by atoms with Crippen LogP contribution >= 0.6 is 0 Å². The molecule has 0 radical (unpaired) electrons. The molecule has 0 atom stereocenters. The van der Waals surface area contributed by atoms with Crippen LogP contribution in [0, 0.1) is 25.7 Å². The zero-order chi connectivity index (χ0) is 25.1. The number of carbonyl (C=O) groups is 1. The number of hydrogen-bond acceptors (Lipinski definition) is 5. The molecule has 0 spiro atoms. The molecule has 7 heteroatoms. The molecule has 1 aromatic carbocycles. The number of rotatable bonds is 9. The van der Waals surface area contributed by atoms with Crippen molar-refractivity contribution in [3.05, 3.63) is 40.6 Å². The Hall–Kier alpha value is -2.80. The molecule has 0 bridgehead atoms. The van der Waals surface area contributed by atoms with Crippen molar-refractivity contribution in [3.8, 4) is 22.9 Å². The molecule has 0 unspecified atom stereocenters. The Morgan fingerprint density at radius 3 is 2.43 bits per heavy atom. The third kappa shape index (κ3) is 5.89. The first-order chi connectivity index (χ1) is 16.7. The molecule has 7 nitrogen and oxygen atoms in total. The van der Waals surface area contributed by atoms with Crippen molar-refractivity contribution in [2.75, 3.05) is 19.6 Å². The number of hydrogen-bond donors (Lipinski definition) is 1. The van der Waals surface area contributed by atoms with Crippen LogP contribution in [-0.2, 0) is 24.2 Å². The first-order valence-electron chi connectivity index (χ1n) is 13.1. The van der Waals surface area contributed by atoms with Gasteiger partial charge in [0.05, 0.1) is 0 Å². The fourth-order valence-electron chi connectivity index (χ4n) is 5.28. The van der Waals surface area contributed by atoms with Crippen LogP contribution in [0.5, 0.6) is 0 Å². The first-order valence-corrected chi connectivity index (χ1v) is 13.1. The number of carbonyl (C=O) groups excluding carboxylic acids is 1. The molecule has 1 N–H and O–H groups in total. The average molecular weight is 477 g/mol. The minimum atomic E-state index is 0.262. The largest absolute Gasteiger partial charge is 0.303 e. The van der Waals surface area contributed by atoms with E-state index in [-0.39, 0.29) is 5.92 Å². The molecule has 1 aliphatic heterocycles.